The summed E-state index contributed by atoms with van der Waals surface area (Å²) >= 11 is 1.69. The van der Waals surface area contributed by atoms with Crippen LogP contribution in [0.2, 0.25) is 0 Å². The van der Waals surface area contributed by atoms with E-state index >= 15 is 0 Å². The Bertz CT molecular complexity index is 385. The Kier molecular flexibility index (Phi) is 2.21. The maximum atomic E-state index is 6.06. The molecule has 0 spiro atoms. The van der Waals surface area contributed by atoms with E-state index in [2.05, 4.69) is 12.1 Å². The lowest BCUT2D eigenvalue weighted by molar-refractivity contribution is 0.589. The van der Waals surface area contributed by atoms with Crippen molar-refractivity contribution in [2.45, 2.75) is 18.9 Å². The van der Waals surface area contributed by atoms with E-state index in [1.165, 1.54) is 4.88 Å². The standard InChI is InChI=1S/C11H14N2S/c1-11(13)5-4-9(12)8(7-11)10-3-2-6-14-10/h2-4,6-7H,5,12-13H2,1H3. The Balaban J connectivity index is 2.42. The van der Waals surface area contributed by atoms with Crippen molar-refractivity contribution in [3.05, 3.63) is 40.2 Å². The van der Waals surface area contributed by atoms with Gasteiger partial charge in [-0.25, -0.2) is 0 Å². The maximum Gasteiger partial charge on any atom is 0.0360 e. The van der Waals surface area contributed by atoms with Crippen molar-refractivity contribution in [2.24, 2.45) is 11.5 Å². The molecule has 0 aromatic carbocycles. The Labute approximate surface area is 87.9 Å². The van der Waals surface area contributed by atoms with E-state index in [-0.39, 0.29) is 5.54 Å². The first-order valence-corrected chi connectivity index (χ1v) is 5.48. The van der Waals surface area contributed by atoms with Crippen LogP contribution >= 0.6 is 11.3 Å². The predicted molar refractivity (Wildman–Crippen MR) is 61.8 cm³/mol. The summed E-state index contributed by atoms with van der Waals surface area (Å²) < 4.78 is 0. The van der Waals surface area contributed by atoms with Crippen LogP contribution in [0.15, 0.2) is 35.4 Å². The smallest absolute Gasteiger partial charge is 0.0360 e. The minimum Gasteiger partial charge on any atom is -0.398 e. The number of allylic oxidation sites excluding steroid dienone is 1. The molecular weight excluding hydrogens is 192 g/mol. The topological polar surface area (TPSA) is 52.0 Å². The normalized spacial score (nSPS) is 27.0. The monoisotopic (exact) mass is 206 g/mol. The van der Waals surface area contributed by atoms with Crippen molar-refractivity contribution in [2.75, 3.05) is 0 Å². The molecule has 4 N–H and O–H groups in total. The van der Waals surface area contributed by atoms with Gasteiger partial charge in [0.2, 0.25) is 0 Å². The third kappa shape index (κ3) is 1.74. The molecule has 14 heavy (non-hydrogen) atoms. The summed E-state index contributed by atoms with van der Waals surface area (Å²) in [6.07, 6.45) is 4.89. The van der Waals surface area contributed by atoms with Gasteiger partial charge in [0, 0.05) is 21.7 Å². The zero-order valence-electron chi connectivity index (χ0n) is 8.16. The van der Waals surface area contributed by atoms with Crippen LogP contribution in [0.25, 0.3) is 5.57 Å². The number of hydrogen-bond acceptors (Lipinski definition) is 3. The van der Waals surface area contributed by atoms with Crippen LogP contribution in [-0.2, 0) is 0 Å². The second-order valence-corrected chi connectivity index (χ2v) is 4.85. The van der Waals surface area contributed by atoms with Crippen molar-refractivity contribution in [1.82, 2.24) is 0 Å². The molecule has 0 radical (unpaired) electrons. The molecule has 1 aliphatic carbocycles. The largest absolute Gasteiger partial charge is 0.398 e. The molecular formula is C11H14N2S. The molecule has 1 unspecified atom stereocenters. The number of hydrogen-bond donors (Lipinski definition) is 2. The summed E-state index contributed by atoms with van der Waals surface area (Å²) in [4.78, 5) is 1.19. The second-order valence-electron chi connectivity index (χ2n) is 3.90. The van der Waals surface area contributed by atoms with Gasteiger partial charge in [-0.15, -0.1) is 11.3 Å². The summed E-state index contributed by atoms with van der Waals surface area (Å²) in [5.41, 5.74) is 13.7. The van der Waals surface area contributed by atoms with Gasteiger partial charge in [0.25, 0.3) is 0 Å². The minimum absolute atomic E-state index is 0.262. The van der Waals surface area contributed by atoms with Gasteiger partial charge in [-0.2, -0.15) is 0 Å². The first kappa shape index (κ1) is 9.49. The van der Waals surface area contributed by atoms with Crippen LogP contribution in [0.3, 0.4) is 0 Å². The lowest BCUT2D eigenvalue weighted by Gasteiger charge is -2.25. The maximum absolute atomic E-state index is 6.06. The highest BCUT2D eigenvalue weighted by molar-refractivity contribution is 7.11. The lowest BCUT2D eigenvalue weighted by Crippen LogP contribution is -2.35. The van der Waals surface area contributed by atoms with E-state index in [1.807, 2.05) is 24.4 Å². The molecule has 0 saturated heterocycles. The van der Waals surface area contributed by atoms with Gasteiger partial charge in [-0.1, -0.05) is 18.2 Å². The second kappa shape index (κ2) is 3.26. The Morgan fingerprint density at radius 2 is 2.29 bits per heavy atom. The van der Waals surface area contributed by atoms with Crippen LogP contribution in [-0.4, -0.2) is 5.54 Å². The van der Waals surface area contributed by atoms with Gasteiger partial charge in [0.15, 0.2) is 0 Å². The van der Waals surface area contributed by atoms with Gasteiger partial charge in [-0.05, 0) is 24.8 Å². The van der Waals surface area contributed by atoms with E-state index in [0.29, 0.717) is 0 Å². The summed E-state index contributed by atoms with van der Waals surface area (Å²) in [5, 5.41) is 2.05. The average Bonchev–Trinajstić information content (AvgIpc) is 2.62. The van der Waals surface area contributed by atoms with E-state index in [9.17, 15) is 0 Å². The highest BCUT2D eigenvalue weighted by Crippen LogP contribution is 2.31. The minimum atomic E-state index is -0.262. The summed E-state index contributed by atoms with van der Waals surface area (Å²) in [5.74, 6) is 0. The van der Waals surface area contributed by atoms with Gasteiger partial charge in [0.05, 0.1) is 0 Å². The average molecular weight is 206 g/mol. The molecule has 1 aromatic heterocycles. The molecule has 1 aliphatic rings. The fourth-order valence-corrected chi connectivity index (χ4v) is 2.32. The van der Waals surface area contributed by atoms with Crippen molar-refractivity contribution >= 4 is 16.9 Å². The fourth-order valence-electron chi connectivity index (χ4n) is 1.56. The molecule has 2 nitrogen and oxygen atoms in total. The zero-order chi connectivity index (χ0) is 10.2. The predicted octanol–water partition coefficient (Wildman–Crippen LogP) is 2.10. The van der Waals surface area contributed by atoms with Crippen molar-refractivity contribution < 1.29 is 0 Å². The molecule has 74 valence electrons. The van der Waals surface area contributed by atoms with Gasteiger partial charge in [-0.3, -0.25) is 0 Å². The third-order valence-electron chi connectivity index (χ3n) is 2.33. The van der Waals surface area contributed by atoms with E-state index < -0.39 is 0 Å². The molecule has 0 saturated carbocycles. The molecule has 0 bridgehead atoms. The lowest BCUT2D eigenvalue weighted by atomic mass is 9.89. The zero-order valence-corrected chi connectivity index (χ0v) is 8.97. The van der Waals surface area contributed by atoms with Crippen LogP contribution in [0.5, 0.6) is 0 Å². The number of nitrogens with two attached hydrogens (primary N) is 2. The molecule has 1 atom stereocenters. The summed E-state index contributed by atoms with van der Waals surface area (Å²) in [6.45, 7) is 2.02. The third-order valence-corrected chi connectivity index (χ3v) is 3.24. The molecule has 0 amide bonds. The van der Waals surface area contributed by atoms with E-state index in [4.69, 9.17) is 11.5 Å². The number of rotatable bonds is 1. The molecule has 0 fully saturated rings. The van der Waals surface area contributed by atoms with E-state index in [1.54, 1.807) is 11.3 Å². The first-order chi connectivity index (χ1) is 6.58. The number of thiophene rings is 1. The molecule has 1 aromatic rings. The summed E-state index contributed by atoms with van der Waals surface area (Å²) in [6, 6.07) is 4.09. The fraction of sp³-hybridized carbons (Fsp3) is 0.273. The van der Waals surface area contributed by atoms with Crippen molar-refractivity contribution in [1.29, 1.82) is 0 Å². The van der Waals surface area contributed by atoms with Crippen LogP contribution < -0.4 is 11.5 Å². The van der Waals surface area contributed by atoms with Gasteiger partial charge < -0.3 is 11.5 Å². The molecule has 0 aliphatic heterocycles. The molecule has 1 heterocycles. The molecule has 3 heteroatoms. The van der Waals surface area contributed by atoms with Gasteiger partial charge >= 0.3 is 0 Å². The Morgan fingerprint density at radius 1 is 1.50 bits per heavy atom. The Morgan fingerprint density at radius 3 is 2.93 bits per heavy atom. The SMILES string of the molecule is CC1(N)C=C(c2cccs2)C(N)=CC1. The highest BCUT2D eigenvalue weighted by atomic mass is 32.1. The molecule has 2 rings (SSSR count). The highest BCUT2D eigenvalue weighted by Gasteiger charge is 2.21. The van der Waals surface area contributed by atoms with Crippen molar-refractivity contribution in [3.8, 4) is 0 Å². The van der Waals surface area contributed by atoms with Crippen LogP contribution in [0.4, 0.5) is 0 Å². The Hall–Kier alpha value is -1.06. The van der Waals surface area contributed by atoms with Gasteiger partial charge in [0.1, 0.15) is 0 Å². The van der Waals surface area contributed by atoms with E-state index in [0.717, 1.165) is 17.7 Å². The van der Waals surface area contributed by atoms with Crippen LogP contribution in [0, 0.1) is 0 Å². The quantitative estimate of drug-likeness (QED) is 0.739. The first-order valence-electron chi connectivity index (χ1n) is 4.60. The van der Waals surface area contributed by atoms with Crippen molar-refractivity contribution in [3.63, 3.8) is 0 Å². The summed E-state index contributed by atoms with van der Waals surface area (Å²) in [7, 11) is 0. The van der Waals surface area contributed by atoms with Crippen LogP contribution in [0.1, 0.15) is 18.2 Å².